The molecule has 8 aromatic carbocycles. The third kappa shape index (κ3) is 4.09. The Balaban J connectivity index is 1.52. The first kappa shape index (κ1) is 13.8. The summed E-state index contributed by atoms with van der Waals surface area (Å²) in [6, 6.07) is 6.88. The molecule has 0 spiro atoms. The van der Waals surface area contributed by atoms with Crippen LogP contribution < -0.4 is 0 Å². The van der Waals surface area contributed by atoms with Gasteiger partial charge in [0.2, 0.25) is 0 Å². The van der Waals surface area contributed by atoms with E-state index in [9.17, 15) is 9.60 Å². The zero-order valence-corrected chi connectivity index (χ0v) is 23.3. The molecule has 0 aliphatic carbocycles. The minimum atomic E-state index is -0.825. The lowest BCUT2D eigenvalue weighted by atomic mass is 9.85. The lowest BCUT2D eigenvalue weighted by Crippen LogP contribution is -1.91. The molecule has 0 saturated carbocycles. The van der Waals surface area contributed by atoms with Crippen molar-refractivity contribution < 1.29 is 27.7 Å². The summed E-state index contributed by atoms with van der Waals surface area (Å²) in [6.45, 7) is 0. The number of rotatable bonds is 4. The molecule has 1 heteroatoms. The van der Waals surface area contributed by atoms with Crippen LogP contribution in [0.2, 0.25) is 0 Å². The van der Waals surface area contributed by atoms with E-state index in [-0.39, 0.29) is 16.7 Å². The molecule has 210 valence electrons. The van der Waals surface area contributed by atoms with Gasteiger partial charge in [-0.1, -0.05) is 163 Å². The molecule has 0 unspecified atom stereocenters. The van der Waals surface area contributed by atoms with E-state index in [0.717, 1.165) is 11.1 Å². The summed E-state index contributed by atoms with van der Waals surface area (Å²) in [5, 5.41) is -0.741. The number of hydrogen-bond donors (Lipinski definition) is 0. The van der Waals surface area contributed by atoms with Gasteiger partial charge in [-0.3, -0.25) is 0 Å². The van der Waals surface area contributed by atoms with Crippen LogP contribution in [0.25, 0.3) is 88.0 Å². The van der Waals surface area contributed by atoms with Crippen LogP contribution in [0.1, 0.15) is 23.3 Å². The summed E-state index contributed by atoms with van der Waals surface area (Å²) in [7, 11) is 0. The van der Waals surface area contributed by atoms with Gasteiger partial charge in [-0.15, -0.1) is 0 Å². The zero-order chi connectivity index (χ0) is 44.5. The molecule has 0 amide bonds. The van der Waals surface area contributed by atoms with Gasteiger partial charge in [0.05, 0.1) is 23.3 Å². The van der Waals surface area contributed by atoms with Gasteiger partial charge in [0.1, 0.15) is 11.2 Å². The van der Waals surface area contributed by atoms with E-state index in [4.69, 9.17) is 18.1 Å². The number of furan rings is 1. The maximum Gasteiger partial charge on any atom is 0.143 e. The molecule has 0 atom stereocenters. The molecule has 0 N–H and O–H groups in total. The summed E-state index contributed by atoms with van der Waals surface area (Å²) >= 11 is 0. The number of fused-ring (bicyclic) bond motifs is 5. The van der Waals surface area contributed by atoms with Crippen LogP contribution in [0.3, 0.4) is 0 Å². The van der Waals surface area contributed by atoms with Crippen molar-refractivity contribution in [2.45, 2.75) is 0 Å². The molecule has 9 aromatic rings. The minimum absolute atomic E-state index is 0.163. The Morgan fingerprint density at radius 1 is 0.356 bits per heavy atom. The second-order valence-electron chi connectivity index (χ2n) is 10.3. The summed E-state index contributed by atoms with van der Waals surface area (Å²) in [5.74, 6) is 0. The van der Waals surface area contributed by atoms with Crippen molar-refractivity contribution in [3.05, 3.63) is 169 Å². The van der Waals surface area contributed by atoms with Crippen LogP contribution >= 0.6 is 0 Å². The second-order valence-corrected chi connectivity index (χ2v) is 10.3. The van der Waals surface area contributed by atoms with Crippen molar-refractivity contribution in [1.29, 1.82) is 0 Å². The first-order valence-electron chi connectivity index (χ1n) is 22.6. The van der Waals surface area contributed by atoms with Gasteiger partial charge in [0.15, 0.2) is 0 Å². The fourth-order valence-electron chi connectivity index (χ4n) is 5.97. The molecule has 0 saturated heterocycles. The molecule has 0 aliphatic rings. The summed E-state index contributed by atoms with van der Waals surface area (Å²) < 4.78 is 159. The van der Waals surface area contributed by atoms with Gasteiger partial charge in [-0.05, 0) is 61.0 Å². The third-order valence-corrected chi connectivity index (χ3v) is 7.88. The Kier molecular flexibility index (Phi) is 3.18. The topological polar surface area (TPSA) is 13.1 Å². The average molecular weight is 590 g/mol. The molecule has 0 fully saturated rings. The number of para-hydroxylation sites is 2. The summed E-state index contributed by atoms with van der Waals surface area (Å²) in [4.78, 5) is 0. The lowest BCUT2D eigenvalue weighted by molar-refractivity contribution is 0.671. The van der Waals surface area contributed by atoms with Crippen LogP contribution in [0.4, 0.5) is 0 Å². The van der Waals surface area contributed by atoms with Crippen molar-refractivity contribution in [2.24, 2.45) is 0 Å². The molecule has 0 aliphatic heterocycles. The Bertz CT molecular complexity index is 3380. The highest BCUT2D eigenvalue weighted by atomic mass is 16.3. The van der Waals surface area contributed by atoms with E-state index < -0.39 is 147 Å². The van der Waals surface area contributed by atoms with Crippen LogP contribution in [-0.4, -0.2) is 0 Å². The van der Waals surface area contributed by atoms with Gasteiger partial charge in [-0.2, -0.15) is 0 Å². The van der Waals surface area contributed by atoms with E-state index in [2.05, 4.69) is 0 Å². The van der Waals surface area contributed by atoms with Gasteiger partial charge < -0.3 is 4.42 Å². The van der Waals surface area contributed by atoms with Crippen LogP contribution in [0, 0.1) is 0 Å². The Morgan fingerprint density at radius 2 is 0.844 bits per heavy atom. The van der Waals surface area contributed by atoms with Gasteiger partial charge in [-0.25, -0.2) is 0 Å². The van der Waals surface area contributed by atoms with Crippen molar-refractivity contribution in [3.8, 4) is 44.5 Å². The van der Waals surface area contributed by atoms with Crippen molar-refractivity contribution in [3.63, 3.8) is 0 Å². The SMILES string of the molecule is [2H]c1c([2H])c([2H])c(-c2c3c([2H])c([2H])c([2H])c([2H])c3c(-c3c([2H])c([2H])c([2H])c(-c4cccc5c4oc4c(-c6ccccc6)cccc45)c3[2H])c3c([2H])c([2H])c([2H])c([2H])c23)c([2H])c1[2H]. The molecule has 1 aromatic heterocycles. The van der Waals surface area contributed by atoms with E-state index in [0.29, 0.717) is 16.4 Å². The molecule has 1 nitrogen and oxygen atoms in total. The van der Waals surface area contributed by atoms with Gasteiger partial charge in [0, 0.05) is 21.9 Å². The Morgan fingerprint density at radius 3 is 1.44 bits per heavy atom. The average Bonchev–Trinajstić information content (AvgIpc) is 3.66. The highest BCUT2D eigenvalue weighted by Gasteiger charge is 2.18. The third-order valence-electron chi connectivity index (χ3n) is 7.88. The predicted octanol–water partition coefficient (Wildman–Crippen LogP) is 12.6. The van der Waals surface area contributed by atoms with Crippen LogP contribution in [0.15, 0.2) is 174 Å². The molecular weight excluding hydrogens is 544 g/mol. The maximum absolute atomic E-state index is 9.86. The van der Waals surface area contributed by atoms with E-state index in [1.165, 1.54) is 0 Å². The molecule has 1 heterocycles. The smallest absolute Gasteiger partial charge is 0.143 e. The molecule has 45 heavy (non-hydrogen) atoms. The van der Waals surface area contributed by atoms with Gasteiger partial charge in [0.25, 0.3) is 0 Å². The standard InChI is InChI=1S/C44H28O/c1-3-14-29(15-4-1)33-24-12-26-39-40-27-13-25-34(44(40)45-43(33)39)31-18-11-19-32(28-31)42-37-22-9-7-20-35(37)41(30-16-5-2-6-17-30)36-21-8-10-23-38(36)42/h1-28H/i2D,5D,6D,7D,8D,9D,10D,11D,16D,17D,18D,19D,20D,21D,22D,23D,28D. The maximum atomic E-state index is 9.86. The fraction of sp³-hybridized carbons (Fsp3) is 0. The zero-order valence-electron chi connectivity index (χ0n) is 40.3. The Hall–Kier alpha value is -5.92. The second kappa shape index (κ2) is 10.4. The van der Waals surface area contributed by atoms with Gasteiger partial charge >= 0.3 is 0 Å². The predicted molar refractivity (Wildman–Crippen MR) is 190 cm³/mol. The monoisotopic (exact) mass is 589 g/mol. The first-order chi connectivity index (χ1) is 29.4. The highest BCUT2D eigenvalue weighted by Crippen LogP contribution is 2.45. The highest BCUT2D eigenvalue weighted by molar-refractivity contribution is 6.21. The van der Waals surface area contributed by atoms with Crippen molar-refractivity contribution >= 4 is 43.5 Å². The van der Waals surface area contributed by atoms with E-state index >= 15 is 0 Å². The van der Waals surface area contributed by atoms with Crippen LogP contribution in [-0.2, 0) is 0 Å². The first-order valence-corrected chi connectivity index (χ1v) is 14.1. The quantitative estimate of drug-likeness (QED) is 0.186. The van der Waals surface area contributed by atoms with Crippen LogP contribution in [0.5, 0.6) is 0 Å². The largest absolute Gasteiger partial charge is 0.455 e. The minimum Gasteiger partial charge on any atom is -0.455 e. The number of hydrogen-bond acceptors (Lipinski definition) is 1. The van der Waals surface area contributed by atoms with E-state index in [1.54, 1.807) is 18.2 Å². The summed E-state index contributed by atoms with van der Waals surface area (Å²) in [5.41, 5.74) is 0.162. The molecule has 9 rings (SSSR count). The fourth-order valence-corrected chi connectivity index (χ4v) is 5.97. The molecule has 0 radical (unpaired) electrons. The van der Waals surface area contributed by atoms with Crippen molar-refractivity contribution in [1.82, 2.24) is 0 Å². The lowest BCUT2D eigenvalue weighted by Gasteiger charge is -2.18. The van der Waals surface area contributed by atoms with Crippen molar-refractivity contribution in [2.75, 3.05) is 0 Å². The summed E-state index contributed by atoms with van der Waals surface area (Å²) in [6.07, 6.45) is 0. The normalized spacial score (nSPS) is 16.8. The number of benzene rings is 8. The molecular formula is C44H28O. The Labute approximate surface area is 285 Å². The molecule has 0 bridgehead atoms. The van der Waals surface area contributed by atoms with E-state index in [1.807, 2.05) is 48.5 Å².